The van der Waals surface area contributed by atoms with Crippen LogP contribution in [0.2, 0.25) is 5.02 Å². The van der Waals surface area contributed by atoms with Crippen LogP contribution in [0, 0.1) is 0 Å². The van der Waals surface area contributed by atoms with Crippen molar-refractivity contribution in [3.05, 3.63) is 29.5 Å². The zero-order valence-corrected chi connectivity index (χ0v) is 16.9. The molecule has 2 heterocycles. The lowest BCUT2D eigenvalue weighted by molar-refractivity contribution is -0.122. The number of primary amides is 1. The predicted octanol–water partition coefficient (Wildman–Crippen LogP) is 3.85. The number of imide groups is 1. The molecule has 0 spiro atoms. The summed E-state index contributed by atoms with van der Waals surface area (Å²) in [5.41, 5.74) is 5.05. The summed E-state index contributed by atoms with van der Waals surface area (Å²) in [6.07, 6.45) is -1.39. The molecule has 0 radical (unpaired) electrons. The molecule has 1 aliphatic rings. The largest absolute Gasteiger partial charge is 0.462 e. The molecule has 8 nitrogen and oxygen atoms in total. The Morgan fingerprint density at radius 3 is 2.66 bits per heavy atom. The topological polar surface area (TPSA) is 106 Å². The number of hydrogen-bond acceptors (Lipinski definition) is 5. The van der Waals surface area contributed by atoms with Gasteiger partial charge in [0, 0.05) is 16.8 Å². The summed E-state index contributed by atoms with van der Waals surface area (Å²) in [4.78, 5) is 39.4. The van der Waals surface area contributed by atoms with E-state index in [1.807, 2.05) is 0 Å². The Kier molecular flexibility index (Phi) is 5.44. The fourth-order valence-electron chi connectivity index (χ4n) is 3.20. The van der Waals surface area contributed by atoms with Crippen molar-refractivity contribution >= 4 is 46.3 Å². The molecule has 0 saturated carbocycles. The summed E-state index contributed by atoms with van der Waals surface area (Å²) < 4.78 is 24.8. The number of nitrogens with zero attached hydrogens (tertiary/aromatic N) is 2. The van der Waals surface area contributed by atoms with Crippen LogP contribution in [0.5, 0.6) is 0 Å². The third-order valence-electron chi connectivity index (χ3n) is 4.36. The molecule has 3 rings (SSSR count). The Hall–Kier alpha value is -2.81. The lowest BCUT2D eigenvalue weighted by Crippen LogP contribution is -2.52. The van der Waals surface area contributed by atoms with E-state index in [9.17, 15) is 18.8 Å². The molecule has 1 aromatic heterocycles. The third kappa shape index (κ3) is 4.29. The number of nitrogens with two attached hydrogens (primary N) is 1. The van der Waals surface area contributed by atoms with Gasteiger partial charge in [0.25, 0.3) is 5.91 Å². The normalized spacial score (nSPS) is 19.4. The van der Waals surface area contributed by atoms with Crippen molar-refractivity contribution in [2.45, 2.75) is 45.0 Å². The fourth-order valence-corrected chi connectivity index (χ4v) is 3.37. The second kappa shape index (κ2) is 7.55. The molecular weight excluding hydrogens is 405 g/mol. The number of anilines is 1. The van der Waals surface area contributed by atoms with E-state index in [4.69, 9.17) is 26.5 Å². The predicted molar refractivity (Wildman–Crippen MR) is 105 cm³/mol. The van der Waals surface area contributed by atoms with Gasteiger partial charge in [0.15, 0.2) is 0 Å². The number of carbonyl (C=O) groups is 3. The first-order chi connectivity index (χ1) is 13.5. The highest BCUT2D eigenvalue weighted by atomic mass is 35.5. The van der Waals surface area contributed by atoms with Crippen molar-refractivity contribution in [2.24, 2.45) is 5.73 Å². The number of rotatable bonds is 2. The fraction of sp³-hybridized carbons (Fsp3) is 0.421. The monoisotopic (exact) mass is 425 g/mol. The molecule has 1 aliphatic heterocycles. The van der Waals surface area contributed by atoms with Crippen LogP contribution in [-0.2, 0) is 9.53 Å². The SMILES string of the molecule is CC(C)(C)OC(=O)N1C[C@H](F)C[C@H]1C(=O)N(C(N)=O)c1coc2ccc(Cl)cc12. The van der Waals surface area contributed by atoms with E-state index >= 15 is 0 Å². The lowest BCUT2D eigenvalue weighted by Gasteiger charge is -2.29. The maximum atomic E-state index is 14.1. The number of alkyl halides is 1. The molecule has 29 heavy (non-hydrogen) atoms. The summed E-state index contributed by atoms with van der Waals surface area (Å²) in [6.45, 7) is 4.64. The highest BCUT2D eigenvalue weighted by molar-refractivity contribution is 6.31. The van der Waals surface area contributed by atoms with Crippen LogP contribution in [0.3, 0.4) is 0 Å². The quantitative estimate of drug-likeness (QED) is 0.786. The number of furan rings is 1. The average Bonchev–Trinajstić information content (AvgIpc) is 3.17. The van der Waals surface area contributed by atoms with Gasteiger partial charge < -0.3 is 14.9 Å². The highest BCUT2D eigenvalue weighted by Crippen LogP contribution is 2.33. The van der Waals surface area contributed by atoms with E-state index in [0.29, 0.717) is 20.9 Å². The number of urea groups is 1. The average molecular weight is 426 g/mol. The van der Waals surface area contributed by atoms with Gasteiger partial charge in [-0.15, -0.1) is 0 Å². The first kappa shape index (κ1) is 20.9. The second-order valence-electron chi connectivity index (χ2n) is 7.75. The molecule has 4 amide bonds. The van der Waals surface area contributed by atoms with Crippen molar-refractivity contribution in [3.8, 4) is 0 Å². The van der Waals surface area contributed by atoms with E-state index in [1.165, 1.54) is 12.3 Å². The van der Waals surface area contributed by atoms with Gasteiger partial charge in [-0.1, -0.05) is 11.6 Å². The molecule has 156 valence electrons. The molecule has 2 aromatic rings. The van der Waals surface area contributed by atoms with Crippen LogP contribution in [0.15, 0.2) is 28.9 Å². The molecule has 1 fully saturated rings. The van der Waals surface area contributed by atoms with E-state index < -0.39 is 35.8 Å². The van der Waals surface area contributed by atoms with Gasteiger partial charge in [-0.05, 0) is 39.0 Å². The molecule has 10 heteroatoms. The second-order valence-corrected chi connectivity index (χ2v) is 8.19. The number of fused-ring (bicyclic) bond motifs is 1. The maximum absolute atomic E-state index is 14.1. The Morgan fingerprint density at radius 1 is 1.34 bits per heavy atom. The first-order valence-corrected chi connectivity index (χ1v) is 9.29. The number of amides is 4. The number of carbonyl (C=O) groups excluding carboxylic acids is 3. The minimum Gasteiger partial charge on any atom is -0.462 e. The van der Waals surface area contributed by atoms with Crippen LogP contribution in [0.4, 0.5) is 19.7 Å². The zero-order chi connectivity index (χ0) is 21.5. The van der Waals surface area contributed by atoms with Crippen molar-refractivity contribution in [3.63, 3.8) is 0 Å². The molecule has 2 atom stereocenters. The van der Waals surface area contributed by atoms with Crippen LogP contribution in [0.25, 0.3) is 11.0 Å². The Labute approximate surface area is 171 Å². The number of likely N-dealkylation sites (tertiary alicyclic amines) is 1. The molecule has 0 bridgehead atoms. The van der Waals surface area contributed by atoms with E-state index in [0.717, 1.165) is 4.90 Å². The highest BCUT2D eigenvalue weighted by Gasteiger charge is 2.45. The summed E-state index contributed by atoms with van der Waals surface area (Å²) in [5, 5.41) is 0.736. The van der Waals surface area contributed by atoms with Crippen molar-refractivity contribution in [2.75, 3.05) is 11.4 Å². The van der Waals surface area contributed by atoms with Gasteiger partial charge in [0.1, 0.15) is 29.7 Å². The van der Waals surface area contributed by atoms with Gasteiger partial charge in [0.05, 0.1) is 12.2 Å². The number of ether oxygens (including phenoxy) is 1. The molecule has 1 aromatic carbocycles. The Bertz CT molecular complexity index is 970. The van der Waals surface area contributed by atoms with Crippen LogP contribution in [-0.4, -0.2) is 47.3 Å². The number of benzene rings is 1. The molecule has 2 N–H and O–H groups in total. The molecule has 1 saturated heterocycles. The van der Waals surface area contributed by atoms with E-state index in [1.54, 1.807) is 32.9 Å². The molecular formula is C19H21ClFN3O5. The van der Waals surface area contributed by atoms with Crippen molar-refractivity contribution in [1.82, 2.24) is 4.90 Å². The summed E-state index contributed by atoms with van der Waals surface area (Å²) in [5.74, 6) is -0.855. The Balaban J connectivity index is 1.96. The van der Waals surface area contributed by atoms with E-state index in [2.05, 4.69) is 0 Å². The van der Waals surface area contributed by atoms with Gasteiger partial charge in [-0.25, -0.2) is 18.9 Å². The Morgan fingerprint density at radius 2 is 2.03 bits per heavy atom. The summed E-state index contributed by atoms with van der Waals surface area (Å²) >= 11 is 6.00. The first-order valence-electron chi connectivity index (χ1n) is 8.92. The number of halogens is 2. The van der Waals surface area contributed by atoms with Gasteiger partial charge in [0.2, 0.25) is 0 Å². The van der Waals surface area contributed by atoms with Gasteiger partial charge >= 0.3 is 12.1 Å². The van der Waals surface area contributed by atoms with Crippen LogP contribution in [0.1, 0.15) is 27.2 Å². The zero-order valence-electron chi connectivity index (χ0n) is 16.1. The lowest BCUT2D eigenvalue weighted by atomic mass is 10.1. The smallest absolute Gasteiger partial charge is 0.411 e. The molecule has 0 aliphatic carbocycles. The standard InChI is InChI=1S/C19H21ClFN3O5/c1-19(2,3)29-18(27)23-8-11(21)7-13(23)16(25)24(17(22)26)14-9-28-15-5-4-10(20)6-12(14)15/h4-6,9,11,13H,7-8H2,1-3H3,(H2,22,26)/t11-,13+/m1/s1. The summed E-state index contributed by atoms with van der Waals surface area (Å²) in [7, 11) is 0. The van der Waals surface area contributed by atoms with Crippen LogP contribution < -0.4 is 10.6 Å². The van der Waals surface area contributed by atoms with Crippen molar-refractivity contribution < 1.29 is 27.9 Å². The van der Waals surface area contributed by atoms with Crippen LogP contribution >= 0.6 is 11.6 Å². The molecule has 0 unspecified atom stereocenters. The number of hydrogen-bond donors (Lipinski definition) is 1. The summed E-state index contributed by atoms with van der Waals surface area (Å²) in [6, 6.07) is 2.32. The minimum absolute atomic E-state index is 0.0615. The van der Waals surface area contributed by atoms with Crippen molar-refractivity contribution in [1.29, 1.82) is 0 Å². The van der Waals surface area contributed by atoms with E-state index in [-0.39, 0.29) is 18.7 Å². The maximum Gasteiger partial charge on any atom is 0.411 e. The third-order valence-corrected chi connectivity index (χ3v) is 4.59. The van der Waals surface area contributed by atoms with Gasteiger partial charge in [-0.3, -0.25) is 9.69 Å². The minimum atomic E-state index is -1.44. The van der Waals surface area contributed by atoms with Gasteiger partial charge in [-0.2, -0.15) is 0 Å².